The van der Waals surface area contributed by atoms with Crippen molar-refractivity contribution < 1.29 is 28.6 Å². The zero-order valence-corrected chi connectivity index (χ0v) is 39.3. The summed E-state index contributed by atoms with van der Waals surface area (Å²) >= 11 is 0. The summed E-state index contributed by atoms with van der Waals surface area (Å²) in [6.07, 6.45) is 68.7. The van der Waals surface area contributed by atoms with Crippen LogP contribution in [0.5, 0.6) is 0 Å². The van der Waals surface area contributed by atoms with Crippen molar-refractivity contribution in [1.82, 2.24) is 0 Å². The fourth-order valence-electron chi connectivity index (χ4n) is 5.94. The Bertz CT molecular complexity index is 1400. The minimum Gasteiger partial charge on any atom is -0.462 e. The number of unbranched alkanes of at least 4 members (excludes halogenated alkanes) is 11. The van der Waals surface area contributed by atoms with Crippen LogP contribution in [0.25, 0.3) is 0 Å². The molecule has 0 saturated heterocycles. The standard InChI is InChI=1S/C56H86O6/c1-4-7-10-13-16-19-22-25-27-28-29-32-34-37-40-43-46-49-55(58)61-52-53(51-60-54(57)48-45-42-39-36-33-30-24-21-18-15-12-9-6-3)62-56(59)50-47-44-41-38-35-31-26-23-20-17-14-11-8-5-2/h7-12,15-21,24-25,27,29-30,32-33,37,40,53H,4-6,13-14,22-23,26,28,31,34-36,38-39,41-52H2,1-3H3/b10-7+,11-8+,12-9+,18-15+,19-16+,20-17+,24-21+,27-25+,32-29+,33-30+,40-37+. The summed E-state index contributed by atoms with van der Waals surface area (Å²) in [7, 11) is 0. The molecule has 0 N–H and O–H groups in total. The highest BCUT2D eigenvalue weighted by molar-refractivity contribution is 5.71. The van der Waals surface area contributed by atoms with Gasteiger partial charge in [0.15, 0.2) is 6.10 Å². The van der Waals surface area contributed by atoms with Gasteiger partial charge in [-0.1, -0.05) is 193 Å². The minimum absolute atomic E-state index is 0.125. The van der Waals surface area contributed by atoms with E-state index in [9.17, 15) is 14.4 Å². The van der Waals surface area contributed by atoms with E-state index in [1.54, 1.807) is 0 Å². The van der Waals surface area contributed by atoms with Gasteiger partial charge in [0, 0.05) is 19.3 Å². The van der Waals surface area contributed by atoms with Crippen molar-refractivity contribution in [2.75, 3.05) is 13.2 Å². The lowest BCUT2D eigenvalue weighted by Crippen LogP contribution is -2.30. The van der Waals surface area contributed by atoms with Crippen molar-refractivity contribution in [2.45, 2.75) is 187 Å². The molecule has 1 atom stereocenters. The van der Waals surface area contributed by atoms with E-state index in [1.807, 2.05) is 36.5 Å². The summed E-state index contributed by atoms with van der Waals surface area (Å²) in [5.41, 5.74) is 0. The number of hydrogen-bond acceptors (Lipinski definition) is 6. The van der Waals surface area contributed by atoms with Gasteiger partial charge in [-0.2, -0.15) is 0 Å². The van der Waals surface area contributed by atoms with Gasteiger partial charge in [-0.3, -0.25) is 14.4 Å². The van der Waals surface area contributed by atoms with Crippen LogP contribution >= 0.6 is 0 Å². The smallest absolute Gasteiger partial charge is 0.306 e. The maximum Gasteiger partial charge on any atom is 0.306 e. The summed E-state index contributed by atoms with van der Waals surface area (Å²) in [4.78, 5) is 37.9. The number of esters is 3. The van der Waals surface area contributed by atoms with E-state index in [-0.39, 0.29) is 37.5 Å². The van der Waals surface area contributed by atoms with Gasteiger partial charge in [0.05, 0.1) is 0 Å². The second-order valence-corrected chi connectivity index (χ2v) is 15.3. The zero-order valence-electron chi connectivity index (χ0n) is 39.3. The van der Waals surface area contributed by atoms with Gasteiger partial charge in [-0.05, 0) is 103 Å². The molecule has 0 aromatic heterocycles. The predicted molar refractivity (Wildman–Crippen MR) is 265 cm³/mol. The summed E-state index contributed by atoms with van der Waals surface area (Å²) in [5, 5.41) is 0. The highest BCUT2D eigenvalue weighted by atomic mass is 16.6. The first-order chi connectivity index (χ1) is 30.5. The molecule has 0 aromatic rings. The molecule has 0 rings (SSSR count). The summed E-state index contributed by atoms with van der Waals surface area (Å²) in [6, 6.07) is 0. The Balaban J connectivity index is 4.58. The summed E-state index contributed by atoms with van der Waals surface area (Å²) in [5.74, 6) is -1.04. The van der Waals surface area contributed by atoms with Crippen LogP contribution in [0.2, 0.25) is 0 Å². The van der Waals surface area contributed by atoms with Gasteiger partial charge in [0.25, 0.3) is 0 Å². The molecule has 0 aromatic carbocycles. The number of carbonyl (C=O) groups is 3. The Labute approximate surface area is 379 Å². The minimum atomic E-state index is -0.825. The predicted octanol–water partition coefficient (Wildman–Crippen LogP) is 15.9. The molecule has 0 amide bonds. The van der Waals surface area contributed by atoms with Crippen LogP contribution in [0.15, 0.2) is 134 Å². The molecule has 6 nitrogen and oxygen atoms in total. The van der Waals surface area contributed by atoms with E-state index < -0.39 is 6.10 Å². The van der Waals surface area contributed by atoms with E-state index in [2.05, 4.69) is 118 Å². The SMILES string of the molecule is CC/C=C/C=C/C=C/C=C/CCCCCC(=O)OCC(COC(=O)CCC/C=C/C/C=C/C/C=C/C/C=C/C/C=C/CC)OC(=O)CCCCCCCCC/C=C/C/C=C/CC. The molecule has 0 bridgehead atoms. The lowest BCUT2D eigenvalue weighted by Gasteiger charge is -2.18. The van der Waals surface area contributed by atoms with E-state index >= 15 is 0 Å². The fraction of sp³-hybridized carbons (Fsp3) is 0.554. The Kier molecular flexibility index (Phi) is 45.7. The third-order valence-electron chi connectivity index (χ3n) is 9.48. The normalized spacial score (nSPS) is 13.3. The molecule has 0 radical (unpaired) electrons. The van der Waals surface area contributed by atoms with E-state index in [0.717, 1.165) is 116 Å². The van der Waals surface area contributed by atoms with Crippen molar-refractivity contribution in [1.29, 1.82) is 0 Å². The lowest BCUT2D eigenvalue weighted by atomic mass is 10.1. The van der Waals surface area contributed by atoms with Crippen LogP contribution in [-0.2, 0) is 28.6 Å². The first-order valence-electron chi connectivity index (χ1n) is 24.2. The maximum atomic E-state index is 12.8. The molecule has 0 aliphatic heterocycles. The second-order valence-electron chi connectivity index (χ2n) is 15.3. The number of hydrogen-bond donors (Lipinski definition) is 0. The van der Waals surface area contributed by atoms with E-state index in [0.29, 0.717) is 19.3 Å². The average Bonchev–Trinajstić information content (AvgIpc) is 3.27. The number of carbonyl (C=O) groups excluding carboxylic acids is 3. The van der Waals surface area contributed by atoms with Crippen molar-refractivity contribution in [3.8, 4) is 0 Å². The first-order valence-corrected chi connectivity index (χ1v) is 24.2. The molecular formula is C56H86O6. The van der Waals surface area contributed by atoms with Crippen LogP contribution in [0.3, 0.4) is 0 Å². The van der Waals surface area contributed by atoms with Crippen LogP contribution in [0, 0.1) is 0 Å². The average molecular weight is 855 g/mol. The van der Waals surface area contributed by atoms with Gasteiger partial charge in [-0.15, -0.1) is 0 Å². The maximum absolute atomic E-state index is 12.8. The molecule has 0 heterocycles. The monoisotopic (exact) mass is 855 g/mol. The van der Waals surface area contributed by atoms with Crippen LogP contribution < -0.4 is 0 Å². The number of rotatable bonds is 41. The van der Waals surface area contributed by atoms with Gasteiger partial charge in [0.2, 0.25) is 0 Å². The highest BCUT2D eigenvalue weighted by Gasteiger charge is 2.19. The molecular weight excluding hydrogens is 769 g/mol. The highest BCUT2D eigenvalue weighted by Crippen LogP contribution is 2.12. The van der Waals surface area contributed by atoms with Gasteiger partial charge < -0.3 is 14.2 Å². The van der Waals surface area contributed by atoms with Gasteiger partial charge in [-0.25, -0.2) is 0 Å². The van der Waals surface area contributed by atoms with Crippen LogP contribution in [0.1, 0.15) is 181 Å². The first kappa shape index (κ1) is 57.5. The largest absolute Gasteiger partial charge is 0.462 e. The molecule has 0 saturated carbocycles. The van der Waals surface area contributed by atoms with E-state index in [4.69, 9.17) is 14.2 Å². The molecule has 0 fully saturated rings. The quantitative estimate of drug-likeness (QED) is 0.0200. The van der Waals surface area contributed by atoms with Crippen LogP contribution in [0.4, 0.5) is 0 Å². The van der Waals surface area contributed by atoms with Crippen molar-refractivity contribution in [3.63, 3.8) is 0 Å². The molecule has 6 heteroatoms. The van der Waals surface area contributed by atoms with Gasteiger partial charge in [0.1, 0.15) is 13.2 Å². The second kappa shape index (κ2) is 49.2. The fourth-order valence-corrected chi connectivity index (χ4v) is 5.94. The third-order valence-corrected chi connectivity index (χ3v) is 9.48. The Morgan fingerprint density at radius 1 is 0.339 bits per heavy atom. The topological polar surface area (TPSA) is 78.9 Å². The van der Waals surface area contributed by atoms with Crippen molar-refractivity contribution in [2.24, 2.45) is 0 Å². The molecule has 0 aliphatic carbocycles. The Morgan fingerprint density at radius 2 is 0.677 bits per heavy atom. The molecule has 0 aliphatic rings. The molecule has 62 heavy (non-hydrogen) atoms. The van der Waals surface area contributed by atoms with E-state index in [1.165, 1.54) is 19.3 Å². The van der Waals surface area contributed by atoms with Crippen molar-refractivity contribution >= 4 is 17.9 Å². The summed E-state index contributed by atoms with van der Waals surface area (Å²) < 4.78 is 16.7. The molecule has 346 valence electrons. The van der Waals surface area contributed by atoms with Gasteiger partial charge >= 0.3 is 17.9 Å². The zero-order chi connectivity index (χ0) is 45.1. The lowest BCUT2D eigenvalue weighted by molar-refractivity contribution is -0.167. The Morgan fingerprint density at radius 3 is 1.18 bits per heavy atom. The third kappa shape index (κ3) is 46.6. The number of ether oxygens (including phenoxy) is 3. The Hall–Kier alpha value is -4.45. The number of allylic oxidation sites excluding steroid dienone is 22. The summed E-state index contributed by atoms with van der Waals surface area (Å²) in [6.45, 7) is 6.15. The van der Waals surface area contributed by atoms with Crippen LogP contribution in [-0.4, -0.2) is 37.2 Å². The molecule has 1 unspecified atom stereocenters. The van der Waals surface area contributed by atoms with Crippen molar-refractivity contribution in [3.05, 3.63) is 134 Å². The molecule has 0 spiro atoms.